The van der Waals surface area contributed by atoms with E-state index >= 15 is 0 Å². The van der Waals surface area contributed by atoms with Gasteiger partial charge in [-0.1, -0.05) is 24.3 Å². The summed E-state index contributed by atoms with van der Waals surface area (Å²) in [5.41, 5.74) is 2.26. The molecule has 3 aromatic rings. The highest BCUT2D eigenvalue weighted by atomic mass is 19.1. The zero-order valence-corrected chi connectivity index (χ0v) is 14.1. The molecule has 3 rings (SSSR count). The lowest BCUT2D eigenvalue weighted by molar-refractivity contribution is -0.121. The molecule has 0 saturated heterocycles. The van der Waals surface area contributed by atoms with Crippen molar-refractivity contribution >= 4 is 5.91 Å². The maximum absolute atomic E-state index is 13.0. The van der Waals surface area contributed by atoms with E-state index in [1.54, 1.807) is 23.7 Å². The van der Waals surface area contributed by atoms with E-state index in [0.29, 0.717) is 11.4 Å². The van der Waals surface area contributed by atoms with E-state index < -0.39 is 6.04 Å². The first-order valence-corrected chi connectivity index (χ1v) is 8.07. The number of aryl methyl sites for hydroxylation is 1. The molecule has 0 aliphatic carbocycles. The second-order valence-electron chi connectivity index (χ2n) is 5.84. The molecule has 1 heterocycles. The van der Waals surface area contributed by atoms with E-state index in [1.165, 1.54) is 12.1 Å². The van der Waals surface area contributed by atoms with Crippen molar-refractivity contribution in [1.29, 1.82) is 0 Å². The van der Waals surface area contributed by atoms with Crippen LogP contribution in [0.2, 0.25) is 0 Å². The van der Waals surface area contributed by atoms with Crippen molar-refractivity contribution in [1.82, 2.24) is 25.5 Å². The number of tetrazole rings is 1. The Labute approximate surface area is 149 Å². The van der Waals surface area contributed by atoms with Crippen LogP contribution in [0.4, 0.5) is 4.39 Å². The minimum atomic E-state index is -0.578. The molecule has 1 aromatic heterocycles. The Kier molecular flexibility index (Phi) is 5.33. The van der Waals surface area contributed by atoms with E-state index in [9.17, 15) is 14.3 Å². The second-order valence-corrected chi connectivity index (χ2v) is 5.84. The predicted molar refractivity (Wildman–Crippen MR) is 92.0 cm³/mol. The van der Waals surface area contributed by atoms with Crippen molar-refractivity contribution in [2.24, 2.45) is 0 Å². The van der Waals surface area contributed by atoms with Gasteiger partial charge < -0.3 is 10.4 Å². The van der Waals surface area contributed by atoms with Gasteiger partial charge in [-0.2, -0.15) is 4.68 Å². The van der Waals surface area contributed by atoms with Gasteiger partial charge in [0.05, 0.1) is 24.8 Å². The predicted octanol–water partition coefficient (Wildman–Crippen LogP) is 1.50. The fourth-order valence-corrected chi connectivity index (χ4v) is 2.59. The summed E-state index contributed by atoms with van der Waals surface area (Å²) in [4.78, 5) is 12.3. The van der Waals surface area contributed by atoms with Crippen LogP contribution in [0.15, 0.2) is 48.5 Å². The summed E-state index contributed by atoms with van der Waals surface area (Å²) in [5, 5.41) is 23.6. The fraction of sp³-hybridized carbons (Fsp3) is 0.222. The van der Waals surface area contributed by atoms with Crippen molar-refractivity contribution < 1.29 is 14.3 Å². The molecule has 134 valence electrons. The summed E-state index contributed by atoms with van der Waals surface area (Å²) in [6.07, 6.45) is 0.159. The first kappa shape index (κ1) is 17.7. The zero-order chi connectivity index (χ0) is 18.5. The van der Waals surface area contributed by atoms with Crippen LogP contribution >= 0.6 is 0 Å². The third-order valence-electron chi connectivity index (χ3n) is 3.96. The van der Waals surface area contributed by atoms with Gasteiger partial charge in [0, 0.05) is 0 Å². The van der Waals surface area contributed by atoms with Gasteiger partial charge in [0.1, 0.15) is 5.82 Å². The third-order valence-corrected chi connectivity index (χ3v) is 3.96. The van der Waals surface area contributed by atoms with Gasteiger partial charge in [-0.25, -0.2) is 4.39 Å². The molecule has 0 aliphatic rings. The van der Waals surface area contributed by atoms with Crippen molar-refractivity contribution in [3.05, 3.63) is 71.3 Å². The first-order chi connectivity index (χ1) is 12.6. The average molecular weight is 355 g/mol. The maximum atomic E-state index is 13.0. The normalized spacial score (nSPS) is 12.0. The molecule has 0 spiro atoms. The maximum Gasteiger partial charge on any atom is 0.224 e. The number of aliphatic hydroxyl groups is 1. The van der Waals surface area contributed by atoms with E-state index in [-0.39, 0.29) is 24.8 Å². The number of rotatable bonds is 6. The van der Waals surface area contributed by atoms with E-state index in [0.717, 1.165) is 11.3 Å². The van der Waals surface area contributed by atoms with Gasteiger partial charge in [-0.05, 0) is 52.7 Å². The molecular weight excluding hydrogens is 337 g/mol. The Morgan fingerprint density at radius 2 is 1.88 bits per heavy atom. The molecule has 2 aromatic carbocycles. The lowest BCUT2D eigenvalue weighted by atomic mass is 10.1. The number of hydrogen-bond donors (Lipinski definition) is 2. The van der Waals surface area contributed by atoms with Crippen LogP contribution in [-0.4, -0.2) is 37.8 Å². The minimum Gasteiger partial charge on any atom is -0.394 e. The van der Waals surface area contributed by atoms with Crippen molar-refractivity contribution in [3.8, 4) is 5.69 Å². The molecule has 1 atom stereocenters. The topological polar surface area (TPSA) is 92.9 Å². The van der Waals surface area contributed by atoms with Gasteiger partial charge in [0.2, 0.25) is 5.91 Å². The minimum absolute atomic E-state index is 0.159. The Morgan fingerprint density at radius 3 is 2.46 bits per heavy atom. The Balaban J connectivity index is 1.64. The number of halogens is 1. The smallest absolute Gasteiger partial charge is 0.224 e. The Hall–Kier alpha value is -3.13. The molecule has 1 amide bonds. The standard InChI is InChI=1S/C18H18FN5O2/c1-12-21-22-23-24(12)16-8-2-13(3-9-16)10-18(26)20-17(11-25)14-4-6-15(19)7-5-14/h2-9,17,25H,10-11H2,1H3,(H,20,26)/t17-/m0/s1. The van der Waals surface area contributed by atoms with Crippen LogP contribution in [0.1, 0.15) is 23.0 Å². The molecule has 0 fully saturated rings. The summed E-state index contributed by atoms with van der Waals surface area (Å²) in [6.45, 7) is 1.53. The number of aromatic nitrogens is 4. The molecule has 7 nitrogen and oxygen atoms in total. The molecule has 0 bridgehead atoms. The van der Waals surface area contributed by atoms with Gasteiger partial charge in [-0.3, -0.25) is 4.79 Å². The monoisotopic (exact) mass is 355 g/mol. The Bertz CT molecular complexity index is 877. The summed E-state index contributed by atoms with van der Waals surface area (Å²) in [7, 11) is 0. The van der Waals surface area contributed by atoms with Gasteiger partial charge in [0.25, 0.3) is 0 Å². The molecule has 26 heavy (non-hydrogen) atoms. The summed E-state index contributed by atoms with van der Waals surface area (Å²) < 4.78 is 14.6. The zero-order valence-electron chi connectivity index (χ0n) is 14.1. The first-order valence-electron chi connectivity index (χ1n) is 8.07. The van der Waals surface area contributed by atoms with Crippen LogP contribution in [-0.2, 0) is 11.2 Å². The largest absolute Gasteiger partial charge is 0.394 e. The number of benzene rings is 2. The average Bonchev–Trinajstić information content (AvgIpc) is 3.07. The fourth-order valence-electron chi connectivity index (χ4n) is 2.59. The summed E-state index contributed by atoms with van der Waals surface area (Å²) in [6, 6.07) is 12.4. The SMILES string of the molecule is Cc1nnnn1-c1ccc(CC(=O)N[C@@H](CO)c2ccc(F)cc2)cc1. The van der Waals surface area contributed by atoms with Crippen molar-refractivity contribution in [2.75, 3.05) is 6.61 Å². The van der Waals surface area contributed by atoms with Gasteiger partial charge >= 0.3 is 0 Å². The highest BCUT2D eigenvalue weighted by Gasteiger charge is 2.14. The quantitative estimate of drug-likeness (QED) is 0.699. The number of amides is 1. The van der Waals surface area contributed by atoms with Crippen molar-refractivity contribution in [3.63, 3.8) is 0 Å². The second kappa shape index (κ2) is 7.83. The van der Waals surface area contributed by atoms with Crippen LogP contribution in [0, 0.1) is 12.7 Å². The lowest BCUT2D eigenvalue weighted by Crippen LogP contribution is -2.31. The van der Waals surface area contributed by atoms with Gasteiger partial charge in [0.15, 0.2) is 5.82 Å². The van der Waals surface area contributed by atoms with Crippen molar-refractivity contribution in [2.45, 2.75) is 19.4 Å². The molecule has 2 N–H and O–H groups in total. The number of nitrogens with one attached hydrogen (secondary N) is 1. The summed E-state index contributed by atoms with van der Waals surface area (Å²) in [5.74, 6) is 0.0648. The number of carbonyl (C=O) groups is 1. The van der Waals surface area contributed by atoms with Crippen LogP contribution in [0.25, 0.3) is 5.69 Å². The van der Waals surface area contributed by atoms with E-state index in [2.05, 4.69) is 20.8 Å². The number of hydrogen-bond acceptors (Lipinski definition) is 5. The molecular formula is C18H18FN5O2. The van der Waals surface area contributed by atoms with Crippen LogP contribution < -0.4 is 5.32 Å². The third kappa shape index (κ3) is 4.09. The molecule has 0 radical (unpaired) electrons. The van der Waals surface area contributed by atoms with Gasteiger partial charge in [-0.15, -0.1) is 5.10 Å². The van der Waals surface area contributed by atoms with E-state index in [4.69, 9.17) is 0 Å². The number of aliphatic hydroxyl groups excluding tert-OH is 1. The highest BCUT2D eigenvalue weighted by molar-refractivity contribution is 5.79. The van der Waals surface area contributed by atoms with Crippen LogP contribution in [0.5, 0.6) is 0 Å². The van der Waals surface area contributed by atoms with E-state index in [1.807, 2.05) is 24.3 Å². The van der Waals surface area contributed by atoms with Crippen LogP contribution in [0.3, 0.4) is 0 Å². The molecule has 0 unspecified atom stereocenters. The summed E-state index contributed by atoms with van der Waals surface area (Å²) >= 11 is 0. The molecule has 0 saturated carbocycles. The Morgan fingerprint density at radius 1 is 1.19 bits per heavy atom. The lowest BCUT2D eigenvalue weighted by Gasteiger charge is -2.17. The molecule has 0 aliphatic heterocycles. The number of nitrogens with zero attached hydrogens (tertiary/aromatic N) is 4. The molecule has 8 heteroatoms. The number of carbonyl (C=O) groups excluding carboxylic acids is 1. The highest BCUT2D eigenvalue weighted by Crippen LogP contribution is 2.14.